The molecule has 0 saturated carbocycles. The topological polar surface area (TPSA) is 114 Å². The predicted molar refractivity (Wildman–Crippen MR) is 76.1 cm³/mol. The number of aromatic nitrogens is 3. The smallest absolute Gasteiger partial charge is 0.296 e. The standard InChI is InChI=1S/C12H11N5O2S/c13-20(18,19)17-9-3-1-8(2-4-9)11-10-5-6-14-12(10)16-7-15-11/h1-7,17H,(H2,13,18,19)(H,14,15,16). The molecule has 0 aliphatic rings. The lowest BCUT2D eigenvalue weighted by molar-refractivity contribution is 0.603. The van der Waals surface area contributed by atoms with Crippen LogP contribution in [0.2, 0.25) is 0 Å². The SMILES string of the molecule is NS(=O)(=O)Nc1ccc(-c2ncnc3[nH]ccc23)cc1. The fourth-order valence-electron chi connectivity index (χ4n) is 1.96. The van der Waals surface area contributed by atoms with Crippen molar-refractivity contribution >= 4 is 26.9 Å². The van der Waals surface area contributed by atoms with Crippen LogP contribution in [0.1, 0.15) is 0 Å². The molecule has 0 amide bonds. The van der Waals surface area contributed by atoms with Gasteiger partial charge in [-0.25, -0.2) is 15.1 Å². The molecule has 0 bridgehead atoms. The summed E-state index contributed by atoms with van der Waals surface area (Å²) in [6.45, 7) is 0. The Balaban J connectivity index is 2.01. The fraction of sp³-hybridized carbons (Fsp3) is 0. The zero-order chi connectivity index (χ0) is 14.2. The Morgan fingerprint density at radius 3 is 2.55 bits per heavy atom. The van der Waals surface area contributed by atoms with E-state index in [-0.39, 0.29) is 0 Å². The second-order valence-corrected chi connectivity index (χ2v) is 5.48. The molecule has 8 heteroatoms. The maximum atomic E-state index is 10.9. The molecule has 2 aromatic heterocycles. The average molecular weight is 289 g/mol. The summed E-state index contributed by atoms with van der Waals surface area (Å²) in [7, 11) is -3.76. The van der Waals surface area contributed by atoms with Crippen LogP contribution in [0.5, 0.6) is 0 Å². The highest BCUT2D eigenvalue weighted by Crippen LogP contribution is 2.25. The minimum absolute atomic E-state index is 0.399. The van der Waals surface area contributed by atoms with Crippen molar-refractivity contribution in [2.24, 2.45) is 5.14 Å². The van der Waals surface area contributed by atoms with Gasteiger partial charge in [0.1, 0.15) is 12.0 Å². The number of benzene rings is 1. The van der Waals surface area contributed by atoms with E-state index >= 15 is 0 Å². The Morgan fingerprint density at radius 1 is 1.10 bits per heavy atom. The minimum Gasteiger partial charge on any atom is -0.346 e. The highest BCUT2D eigenvalue weighted by Gasteiger charge is 2.08. The Hall–Kier alpha value is -2.45. The Morgan fingerprint density at radius 2 is 1.85 bits per heavy atom. The van der Waals surface area contributed by atoms with Gasteiger partial charge in [-0.05, 0) is 18.2 Å². The monoisotopic (exact) mass is 289 g/mol. The van der Waals surface area contributed by atoms with Gasteiger partial charge in [0, 0.05) is 22.8 Å². The third kappa shape index (κ3) is 2.46. The van der Waals surface area contributed by atoms with Crippen molar-refractivity contribution in [3.63, 3.8) is 0 Å². The summed E-state index contributed by atoms with van der Waals surface area (Å²) in [6.07, 6.45) is 3.27. The summed E-state index contributed by atoms with van der Waals surface area (Å²) in [5, 5.41) is 5.82. The summed E-state index contributed by atoms with van der Waals surface area (Å²) < 4.78 is 24.1. The number of anilines is 1. The number of nitrogens with zero attached hydrogens (tertiary/aromatic N) is 2. The van der Waals surface area contributed by atoms with Crippen LogP contribution in [-0.2, 0) is 10.2 Å². The Labute approximate surface area is 115 Å². The van der Waals surface area contributed by atoms with Gasteiger partial charge >= 0.3 is 0 Å². The first kappa shape index (κ1) is 12.6. The first-order valence-corrected chi connectivity index (χ1v) is 7.27. The number of hydrogen-bond acceptors (Lipinski definition) is 4. The van der Waals surface area contributed by atoms with Crippen LogP contribution in [-0.4, -0.2) is 23.4 Å². The number of hydrogen-bond donors (Lipinski definition) is 3. The lowest BCUT2D eigenvalue weighted by atomic mass is 10.1. The van der Waals surface area contributed by atoms with E-state index in [0.29, 0.717) is 5.69 Å². The number of aromatic amines is 1. The van der Waals surface area contributed by atoms with Crippen LogP contribution in [0.25, 0.3) is 22.3 Å². The van der Waals surface area contributed by atoms with Crippen molar-refractivity contribution in [2.75, 3.05) is 4.72 Å². The molecule has 3 aromatic rings. The largest absolute Gasteiger partial charge is 0.346 e. The molecule has 2 heterocycles. The van der Waals surface area contributed by atoms with Crippen molar-refractivity contribution in [3.8, 4) is 11.3 Å². The van der Waals surface area contributed by atoms with Crippen molar-refractivity contribution in [1.29, 1.82) is 0 Å². The molecule has 0 unspecified atom stereocenters. The summed E-state index contributed by atoms with van der Waals surface area (Å²) in [5.41, 5.74) is 2.78. The van der Waals surface area contributed by atoms with Gasteiger partial charge in [0.15, 0.2) is 0 Å². The first-order valence-electron chi connectivity index (χ1n) is 5.72. The Bertz CT molecular complexity index is 855. The molecule has 0 radical (unpaired) electrons. The highest BCUT2D eigenvalue weighted by atomic mass is 32.2. The second kappa shape index (κ2) is 4.58. The van der Waals surface area contributed by atoms with Crippen LogP contribution in [0.3, 0.4) is 0 Å². The van der Waals surface area contributed by atoms with Crippen molar-refractivity contribution < 1.29 is 8.42 Å². The molecule has 3 rings (SSSR count). The fourth-order valence-corrected chi connectivity index (χ4v) is 2.43. The van der Waals surface area contributed by atoms with Crippen molar-refractivity contribution in [1.82, 2.24) is 15.0 Å². The van der Waals surface area contributed by atoms with Crippen LogP contribution < -0.4 is 9.86 Å². The van der Waals surface area contributed by atoms with Crippen LogP contribution in [0.15, 0.2) is 42.9 Å². The molecule has 0 aliphatic heterocycles. The third-order valence-electron chi connectivity index (χ3n) is 2.77. The molecule has 7 nitrogen and oxygen atoms in total. The average Bonchev–Trinajstić information content (AvgIpc) is 2.86. The van der Waals surface area contributed by atoms with E-state index in [1.807, 2.05) is 6.07 Å². The molecular weight excluding hydrogens is 278 g/mol. The Kier molecular flexibility index (Phi) is 2.88. The van der Waals surface area contributed by atoms with Gasteiger partial charge in [-0.1, -0.05) is 12.1 Å². The number of H-pyrrole nitrogens is 1. The summed E-state index contributed by atoms with van der Waals surface area (Å²) in [6, 6.07) is 8.67. The molecule has 0 saturated heterocycles. The van der Waals surface area contributed by atoms with E-state index in [1.54, 1.807) is 30.5 Å². The first-order chi connectivity index (χ1) is 9.53. The van der Waals surface area contributed by atoms with Crippen LogP contribution >= 0.6 is 0 Å². The molecule has 0 aliphatic carbocycles. The second-order valence-electron chi connectivity index (χ2n) is 4.19. The van der Waals surface area contributed by atoms with E-state index in [4.69, 9.17) is 5.14 Å². The normalized spacial score (nSPS) is 11.7. The van der Waals surface area contributed by atoms with E-state index in [1.165, 1.54) is 6.33 Å². The predicted octanol–water partition coefficient (Wildman–Crippen LogP) is 1.24. The van der Waals surface area contributed by atoms with E-state index in [9.17, 15) is 8.42 Å². The van der Waals surface area contributed by atoms with Gasteiger partial charge in [0.05, 0.1) is 5.69 Å². The van der Waals surface area contributed by atoms with Gasteiger partial charge in [0.2, 0.25) is 0 Å². The minimum atomic E-state index is -3.76. The maximum Gasteiger partial charge on any atom is 0.296 e. The van der Waals surface area contributed by atoms with Gasteiger partial charge in [0.25, 0.3) is 10.2 Å². The van der Waals surface area contributed by atoms with Gasteiger partial charge in [-0.15, -0.1) is 0 Å². The molecule has 4 N–H and O–H groups in total. The van der Waals surface area contributed by atoms with Crippen molar-refractivity contribution in [2.45, 2.75) is 0 Å². The highest BCUT2D eigenvalue weighted by molar-refractivity contribution is 7.90. The number of fused-ring (bicyclic) bond motifs is 1. The maximum absolute atomic E-state index is 10.9. The summed E-state index contributed by atoms with van der Waals surface area (Å²) in [5.74, 6) is 0. The van der Waals surface area contributed by atoms with Crippen LogP contribution in [0, 0.1) is 0 Å². The van der Waals surface area contributed by atoms with E-state index in [2.05, 4.69) is 19.7 Å². The molecule has 1 aromatic carbocycles. The molecule has 0 spiro atoms. The molecule has 20 heavy (non-hydrogen) atoms. The lowest BCUT2D eigenvalue weighted by Gasteiger charge is -2.05. The van der Waals surface area contributed by atoms with E-state index in [0.717, 1.165) is 22.3 Å². The third-order valence-corrected chi connectivity index (χ3v) is 3.29. The summed E-state index contributed by atoms with van der Waals surface area (Å²) in [4.78, 5) is 11.4. The summed E-state index contributed by atoms with van der Waals surface area (Å²) >= 11 is 0. The van der Waals surface area contributed by atoms with Crippen LogP contribution in [0.4, 0.5) is 5.69 Å². The van der Waals surface area contributed by atoms with Gasteiger partial charge in [-0.3, -0.25) is 4.72 Å². The number of rotatable bonds is 3. The lowest BCUT2D eigenvalue weighted by Crippen LogP contribution is -2.21. The quantitative estimate of drug-likeness (QED) is 0.673. The van der Waals surface area contributed by atoms with E-state index < -0.39 is 10.2 Å². The molecule has 102 valence electrons. The molecular formula is C12H11N5O2S. The van der Waals surface area contributed by atoms with Gasteiger partial charge < -0.3 is 4.98 Å². The number of nitrogens with one attached hydrogen (secondary N) is 2. The van der Waals surface area contributed by atoms with Crippen molar-refractivity contribution in [3.05, 3.63) is 42.9 Å². The zero-order valence-electron chi connectivity index (χ0n) is 10.2. The zero-order valence-corrected chi connectivity index (χ0v) is 11.1. The van der Waals surface area contributed by atoms with Gasteiger partial charge in [-0.2, -0.15) is 8.42 Å². The molecule has 0 fully saturated rings. The molecule has 0 atom stereocenters. The number of nitrogens with two attached hydrogens (primary N) is 1.